The van der Waals surface area contributed by atoms with E-state index in [1.54, 1.807) is 11.0 Å². The van der Waals surface area contributed by atoms with Crippen molar-refractivity contribution in [3.8, 4) is 0 Å². The molecule has 2 bridgehead atoms. The van der Waals surface area contributed by atoms with Crippen LogP contribution in [0.2, 0.25) is 5.02 Å². The molecule has 3 aliphatic heterocycles. The number of ether oxygens (including phenoxy) is 1. The first-order chi connectivity index (χ1) is 19.7. The predicted molar refractivity (Wildman–Crippen MR) is 159 cm³/mol. The third-order valence-electron chi connectivity index (χ3n) is 10.5. The van der Waals surface area contributed by atoms with Gasteiger partial charge in [-0.15, -0.1) is 0 Å². The molecular weight excluding hydrogens is 538 g/mol. The van der Waals surface area contributed by atoms with Gasteiger partial charge in [-0.05, 0) is 75.0 Å². The van der Waals surface area contributed by atoms with Gasteiger partial charge in [0.15, 0.2) is 0 Å². The topological polar surface area (TPSA) is 87.7 Å². The summed E-state index contributed by atoms with van der Waals surface area (Å²) in [5.74, 6) is -1.21. The van der Waals surface area contributed by atoms with Crippen molar-refractivity contribution in [2.24, 2.45) is 23.7 Å². The molecule has 1 aromatic rings. The second-order valence-corrected chi connectivity index (χ2v) is 13.3. The lowest BCUT2D eigenvalue weighted by Gasteiger charge is -2.38. The standard InChI is InChI=1S/C33H42ClN3O4/c1-19-8-7-11-25(21(19)3)36-31(39)29-33-16-14-26(41-33)27(30(38)35-23-13-12-20(2)24(34)18-23)28(33)32(40)37(29)17-15-22-9-5-4-6-10-22/h9,12-14,16,18-19,21,25-29H,4-8,10-11,15,17H2,1-3H3,(H,35,38)(H,36,39)/t19-,21-,25+,26-,27+,28-,29-,33-/m0/s1. The molecule has 3 fully saturated rings. The molecule has 0 aromatic heterocycles. The fourth-order valence-corrected chi connectivity index (χ4v) is 8.03. The van der Waals surface area contributed by atoms with E-state index in [-0.39, 0.29) is 23.8 Å². The van der Waals surface area contributed by atoms with Gasteiger partial charge in [-0.2, -0.15) is 0 Å². The number of carbonyl (C=O) groups excluding carboxylic acids is 3. The summed E-state index contributed by atoms with van der Waals surface area (Å²) >= 11 is 6.31. The number of amides is 3. The number of halogens is 1. The molecule has 1 aromatic carbocycles. The Hall–Kier alpha value is -2.64. The predicted octanol–water partition coefficient (Wildman–Crippen LogP) is 5.57. The van der Waals surface area contributed by atoms with Crippen LogP contribution in [0.3, 0.4) is 0 Å². The van der Waals surface area contributed by atoms with E-state index in [0.717, 1.165) is 44.1 Å². The number of nitrogens with one attached hydrogen (secondary N) is 2. The number of hydrogen-bond acceptors (Lipinski definition) is 4. The normalized spacial score (nSPS) is 35.8. The number of anilines is 1. The molecule has 2 N–H and O–H groups in total. The highest BCUT2D eigenvalue weighted by molar-refractivity contribution is 6.31. The molecule has 41 heavy (non-hydrogen) atoms. The van der Waals surface area contributed by atoms with Crippen LogP contribution in [0.1, 0.15) is 70.8 Å². The lowest BCUT2D eigenvalue weighted by molar-refractivity contribution is -0.141. The number of aryl methyl sites for hydroxylation is 1. The molecule has 8 atom stereocenters. The van der Waals surface area contributed by atoms with Crippen LogP contribution < -0.4 is 10.6 Å². The van der Waals surface area contributed by atoms with Crippen LogP contribution in [0, 0.1) is 30.6 Å². The van der Waals surface area contributed by atoms with Crippen molar-refractivity contribution in [3.63, 3.8) is 0 Å². The van der Waals surface area contributed by atoms with Gasteiger partial charge < -0.3 is 20.3 Å². The number of carbonyl (C=O) groups is 3. The first-order valence-electron chi connectivity index (χ1n) is 15.4. The summed E-state index contributed by atoms with van der Waals surface area (Å²) in [5.41, 5.74) is 1.69. The average Bonchev–Trinajstić information content (AvgIpc) is 3.60. The summed E-state index contributed by atoms with van der Waals surface area (Å²) in [4.78, 5) is 43.9. The first kappa shape index (κ1) is 28.5. The van der Waals surface area contributed by atoms with Crippen LogP contribution in [0.25, 0.3) is 0 Å². The monoisotopic (exact) mass is 579 g/mol. The molecular formula is C33H42ClN3O4. The minimum atomic E-state index is -1.15. The molecule has 3 heterocycles. The van der Waals surface area contributed by atoms with Crippen molar-refractivity contribution in [1.29, 1.82) is 0 Å². The SMILES string of the molecule is Cc1ccc(NC(=O)[C@@H]2[C@@H]3C=C[C@]4(O3)[C@@H]2C(=O)N(CCC2=CCCCC2)[C@H]4C(=O)N[C@@H]2CCC[C@H](C)[C@@H]2C)cc1Cl. The van der Waals surface area contributed by atoms with E-state index in [9.17, 15) is 14.4 Å². The maximum absolute atomic E-state index is 14.2. The third kappa shape index (κ3) is 5.03. The highest BCUT2D eigenvalue weighted by Crippen LogP contribution is 2.55. The van der Waals surface area contributed by atoms with Gasteiger partial charge in [-0.1, -0.05) is 68.2 Å². The quantitative estimate of drug-likeness (QED) is 0.414. The van der Waals surface area contributed by atoms with E-state index in [0.29, 0.717) is 29.1 Å². The average molecular weight is 580 g/mol. The zero-order valence-electron chi connectivity index (χ0n) is 24.3. The summed E-state index contributed by atoms with van der Waals surface area (Å²) in [6, 6.07) is 4.64. The smallest absolute Gasteiger partial charge is 0.246 e. The van der Waals surface area contributed by atoms with Gasteiger partial charge >= 0.3 is 0 Å². The van der Waals surface area contributed by atoms with Gasteiger partial charge in [-0.3, -0.25) is 14.4 Å². The molecule has 8 heteroatoms. The first-order valence-corrected chi connectivity index (χ1v) is 15.8. The summed E-state index contributed by atoms with van der Waals surface area (Å²) in [5, 5.41) is 6.87. The minimum absolute atomic E-state index is 0.0627. The number of likely N-dealkylation sites (tertiary alicyclic amines) is 1. The molecule has 7 nitrogen and oxygen atoms in total. The van der Waals surface area contributed by atoms with Crippen LogP contribution in [-0.4, -0.2) is 53.0 Å². The zero-order valence-corrected chi connectivity index (χ0v) is 25.1. The van der Waals surface area contributed by atoms with E-state index < -0.39 is 29.6 Å². The largest absolute Gasteiger partial charge is 0.359 e. The highest BCUT2D eigenvalue weighted by atomic mass is 35.5. The van der Waals surface area contributed by atoms with Crippen molar-refractivity contribution in [2.45, 2.75) is 95.9 Å². The molecule has 0 unspecified atom stereocenters. The van der Waals surface area contributed by atoms with E-state index >= 15 is 0 Å². The van der Waals surface area contributed by atoms with Crippen molar-refractivity contribution < 1.29 is 19.1 Å². The maximum atomic E-state index is 14.2. The Morgan fingerprint density at radius 1 is 1.15 bits per heavy atom. The van der Waals surface area contributed by atoms with Crippen LogP contribution in [-0.2, 0) is 19.1 Å². The van der Waals surface area contributed by atoms with Crippen molar-refractivity contribution in [3.05, 3.63) is 52.6 Å². The van der Waals surface area contributed by atoms with Gasteiger partial charge in [0, 0.05) is 23.3 Å². The Labute approximate surface area is 248 Å². The number of nitrogens with zero attached hydrogens (tertiary/aromatic N) is 1. The van der Waals surface area contributed by atoms with Crippen molar-refractivity contribution in [1.82, 2.24) is 10.2 Å². The Morgan fingerprint density at radius 2 is 1.98 bits per heavy atom. The molecule has 3 amide bonds. The summed E-state index contributed by atoms with van der Waals surface area (Å²) in [6.07, 6.45) is 13.9. The summed E-state index contributed by atoms with van der Waals surface area (Å²) < 4.78 is 6.53. The molecule has 5 aliphatic rings. The Balaban J connectivity index is 1.28. The van der Waals surface area contributed by atoms with Crippen molar-refractivity contribution in [2.75, 3.05) is 11.9 Å². The maximum Gasteiger partial charge on any atom is 0.246 e. The van der Waals surface area contributed by atoms with Gasteiger partial charge in [0.25, 0.3) is 0 Å². The van der Waals surface area contributed by atoms with E-state index in [1.807, 2.05) is 31.2 Å². The fourth-order valence-electron chi connectivity index (χ4n) is 7.85. The number of hydrogen-bond donors (Lipinski definition) is 2. The van der Waals surface area contributed by atoms with Crippen LogP contribution in [0.5, 0.6) is 0 Å². The molecule has 0 radical (unpaired) electrons. The van der Waals surface area contributed by atoms with Crippen LogP contribution >= 0.6 is 11.6 Å². The lowest BCUT2D eigenvalue weighted by atomic mass is 9.73. The van der Waals surface area contributed by atoms with Crippen molar-refractivity contribution >= 4 is 35.0 Å². The van der Waals surface area contributed by atoms with E-state index in [4.69, 9.17) is 16.3 Å². The summed E-state index contributed by atoms with van der Waals surface area (Å²) in [6.45, 7) is 6.80. The Morgan fingerprint density at radius 3 is 2.73 bits per heavy atom. The highest BCUT2D eigenvalue weighted by Gasteiger charge is 2.72. The molecule has 220 valence electrons. The number of benzene rings is 1. The van der Waals surface area contributed by atoms with Gasteiger partial charge in [-0.25, -0.2) is 0 Å². The van der Waals surface area contributed by atoms with Crippen LogP contribution in [0.4, 0.5) is 5.69 Å². The second-order valence-electron chi connectivity index (χ2n) is 12.9. The van der Waals surface area contributed by atoms with E-state index in [2.05, 4.69) is 30.6 Å². The molecule has 1 spiro atoms. The fraction of sp³-hybridized carbons (Fsp3) is 0.606. The van der Waals surface area contributed by atoms with Crippen LogP contribution in [0.15, 0.2) is 42.0 Å². The minimum Gasteiger partial charge on any atom is -0.359 e. The lowest BCUT2D eigenvalue weighted by Crippen LogP contribution is -2.58. The molecule has 6 rings (SSSR count). The molecule has 1 saturated carbocycles. The zero-order chi connectivity index (χ0) is 28.9. The summed E-state index contributed by atoms with van der Waals surface area (Å²) in [7, 11) is 0. The molecule has 2 saturated heterocycles. The van der Waals surface area contributed by atoms with Gasteiger partial charge in [0.2, 0.25) is 17.7 Å². The Bertz CT molecular complexity index is 1290. The Kier molecular flexibility index (Phi) is 7.79. The number of allylic oxidation sites excluding steroid dienone is 1. The number of rotatable bonds is 7. The number of fused-ring (bicyclic) bond motifs is 1. The molecule has 2 aliphatic carbocycles. The van der Waals surface area contributed by atoms with Gasteiger partial charge in [0.1, 0.15) is 11.6 Å². The van der Waals surface area contributed by atoms with Gasteiger partial charge in [0.05, 0.1) is 17.9 Å². The van der Waals surface area contributed by atoms with E-state index in [1.165, 1.54) is 18.4 Å². The second kappa shape index (κ2) is 11.2. The third-order valence-corrected chi connectivity index (χ3v) is 10.9.